The minimum Gasteiger partial charge on any atom is -0.493 e. The van der Waals surface area contributed by atoms with E-state index in [0.29, 0.717) is 30.2 Å². The molecule has 0 saturated carbocycles. The van der Waals surface area contributed by atoms with Gasteiger partial charge in [0.1, 0.15) is 5.01 Å². The first-order chi connectivity index (χ1) is 11.7. The average Bonchev–Trinajstić information content (AvgIpc) is 3.03. The molecule has 1 amide bonds. The molecule has 0 aliphatic carbocycles. The summed E-state index contributed by atoms with van der Waals surface area (Å²) in [6.07, 6.45) is 0. The van der Waals surface area contributed by atoms with Crippen LogP contribution in [0.3, 0.4) is 0 Å². The third-order valence-electron chi connectivity index (χ3n) is 3.46. The van der Waals surface area contributed by atoms with Crippen molar-refractivity contribution in [3.8, 4) is 11.5 Å². The highest BCUT2D eigenvalue weighted by Crippen LogP contribution is 2.28. The fraction of sp³-hybridized carbons (Fsp3) is 0.222. The molecule has 1 aromatic heterocycles. The molecule has 0 saturated heterocycles. The van der Waals surface area contributed by atoms with Crippen molar-refractivity contribution in [2.45, 2.75) is 13.5 Å². The number of methoxy groups -OCH3 is 1. The van der Waals surface area contributed by atoms with E-state index in [-0.39, 0.29) is 5.91 Å². The summed E-state index contributed by atoms with van der Waals surface area (Å²) in [5.41, 5.74) is 1.48. The van der Waals surface area contributed by atoms with Gasteiger partial charge >= 0.3 is 0 Å². The number of thiazole rings is 1. The maximum Gasteiger partial charge on any atom is 0.251 e. The highest BCUT2D eigenvalue weighted by atomic mass is 32.1. The molecule has 0 aliphatic rings. The van der Waals surface area contributed by atoms with E-state index in [9.17, 15) is 4.79 Å². The predicted octanol–water partition coefficient (Wildman–Crippen LogP) is 3.63. The zero-order valence-corrected chi connectivity index (χ0v) is 14.4. The normalized spacial score (nSPS) is 10.6. The number of para-hydroxylation sites is 1. The summed E-state index contributed by atoms with van der Waals surface area (Å²) in [5, 5.41) is 3.77. The van der Waals surface area contributed by atoms with Crippen molar-refractivity contribution < 1.29 is 14.3 Å². The van der Waals surface area contributed by atoms with Gasteiger partial charge in [0, 0.05) is 5.56 Å². The smallest absolute Gasteiger partial charge is 0.251 e. The van der Waals surface area contributed by atoms with Crippen LogP contribution in [-0.4, -0.2) is 24.6 Å². The number of carbonyl (C=O) groups is 1. The minimum atomic E-state index is -0.169. The van der Waals surface area contributed by atoms with Gasteiger partial charge in [0.25, 0.3) is 5.91 Å². The Kier molecular flexibility index (Phi) is 4.96. The van der Waals surface area contributed by atoms with Gasteiger partial charge in [-0.25, -0.2) is 4.98 Å². The summed E-state index contributed by atoms with van der Waals surface area (Å²) in [6, 6.07) is 13.1. The number of carbonyl (C=O) groups excluding carboxylic acids is 1. The number of hydrogen-bond donors (Lipinski definition) is 1. The molecule has 124 valence electrons. The fourth-order valence-electron chi connectivity index (χ4n) is 2.34. The van der Waals surface area contributed by atoms with Gasteiger partial charge in [-0.1, -0.05) is 12.1 Å². The van der Waals surface area contributed by atoms with Crippen molar-refractivity contribution in [2.75, 3.05) is 13.7 Å². The Bertz CT molecular complexity index is 827. The maximum atomic E-state index is 12.4. The Hall–Kier alpha value is -2.60. The number of hydrogen-bond acceptors (Lipinski definition) is 5. The molecular weight excluding hydrogens is 324 g/mol. The topological polar surface area (TPSA) is 60.5 Å². The molecule has 0 spiro atoms. The van der Waals surface area contributed by atoms with E-state index in [1.165, 1.54) is 0 Å². The summed E-state index contributed by atoms with van der Waals surface area (Å²) in [7, 11) is 1.57. The van der Waals surface area contributed by atoms with E-state index in [0.717, 1.165) is 15.2 Å². The van der Waals surface area contributed by atoms with Crippen LogP contribution in [0.5, 0.6) is 11.5 Å². The van der Waals surface area contributed by atoms with Crippen LogP contribution in [-0.2, 0) is 6.54 Å². The van der Waals surface area contributed by atoms with Gasteiger partial charge in [0.05, 0.1) is 30.5 Å². The van der Waals surface area contributed by atoms with Gasteiger partial charge in [-0.15, -0.1) is 11.3 Å². The summed E-state index contributed by atoms with van der Waals surface area (Å²) >= 11 is 1.58. The second-order valence-corrected chi connectivity index (χ2v) is 6.17. The third kappa shape index (κ3) is 3.49. The molecular formula is C18H18N2O3S. The second-order valence-electron chi connectivity index (χ2n) is 5.06. The van der Waals surface area contributed by atoms with Crippen LogP contribution in [0, 0.1) is 0 Å². The Morgan fingerprint density at radius 3 is 2.79 bits per heavy atom. The summed E-state index contributed by atoms with van der Waals surface area (Å²) in [5.74, 6) is 1.00. The first-order valence-electron chi connectivity index (χ1n) is 7.64. The molecule has 3 rings (SSSR count). The van der Waals surface area contributed by atoms with Gasteiger partial charge in [0.2, 0.25) is 0 Å². The standard InChI is InChI=1S/C18H18N2O3S/c1-3-23-15-10-12(8-9-14(15)22-2)18(21)19-11-17-20-13-6-4-5-7-16(13)24-17/h4-10H,3,11H2,1-2H3,(H,19,21). The first kappa shape index (κ1) is 16.3. The summed E-state index contributed by atoms with van der Waals surface area (Å²) < 4.78 is 11.9. The van der Waals surface area contributed by atoms with Crippen LogP contribution in [0.2, 0.25) is 0 Å². The Morgan fingerprint density at radius 1 is 1.21 bits per heavy atom. The van der Waals surface area contributed by atoms with Crippen LogP contribution < -0.4 is 14.8 Å². The Morgan fingerprint density at radius 2 is 2.04 bits per heavy atom. The molecule has 0 bridgehead atoms. The molecule has 5 nitrogen and oxygen atoms in total. The van der Waals surface area contributed by atoms with E-state index >= 15 is 0 Å². The lowest BCUT2D eigenvalue weighted by Gasteiger charge is -2.11. The molecule has 6 heteroatoms. The van der Waals surface area contributed by atoms with Crippen molar-refractivity contribution in [1.82, 2.24) is 10.3 Å². The Labute approximate surface area is 144 Å². The molecule has 1 N–H and O–H groups in total. The van der Waals surface area contributed by atoms with Gasteiger partial charge in [-0.3, -0.25) is 4.79 Å². The quantitative estimate of drug-likeness (QED) is 0.743. The zero-order chi connectivity index (χ0) is 16.9. The largest absolute Gasteiger partial charge is 0.493 e. The molecule has 0 fully saturated rings. The predicted molar refractivity (Wildman–Crippen MR) is 95.0 cm³/mol. The average molecular weight is 342 g/mol. The maximum absolute atomic E-state index is 12.4. The number of rotatable bonds is 6. The van der Waals surface area contributed by atoms with Gasteiger partial charge in [-0.2, -0.15) is 0 Å². The number of nitrogens with one attached hydrogen (secondary N) is 1. The van der Waals surface area contributed by atoms with E-state index in [1.54, 1.807) is 36.6 Å². The lowest BCUT2D eigenvalue weighted by atomic mass is 10.2. The van der Waals surface area contributed by atoms with Crippen molar-refractivity contribution in [2.24, 2.45) is 0 Å². The van der Waals surface area contributed by atoms with Crippen molar-refractivity contribution in [3.63, 3.8) is 0 Å². The van der Waals surface area contributed by atoms with Crippen molar-refractivity contribution in [1.29, 1.82) is 0 Å². The molecule has 0 atom stereocenters. The van der Waals surface area contributed by atoms with Crippen molar-refractivity contribution in [3.05, 3.63) is 53.0 Å². The second kappa shape index (κ2) is 7.31. The SMILES string of the molecule is CCOc1cc(C(=O)NCc2nc3ccccc3s2)ccc1OC. The number of amides is 1. The van der Waals surface area contributed by atoms with E-state index in [2.05, 4.69) is 10.3 Å². The van der Waals surface area contributed by atoms with Crippen molar-refractivity contribution >= 4 is 27.5 Å². The summed E-state index contributed by atoms with van der Waals surface area (Å²) in [6.45, 7) is 2.79. The highest BCUT2D eigenvalue weighted by Gasteiger charge is 2.12. The van der Waals surface area contributed by atoms with E-state index in [1.807, 2.05) is 31.2 Å². The van der Waals surface area contributed by atoms with Gasteiger partial charge in [-0.05, 0) is 37.3 Å². The number of fused-ring (bicyclic) bond motifs is 1. The van der Waals surface area contributed by atoms with Crippen LogP contribution in [0.25, 0.3) is 10.2 Å². The number of benzene rings is 2. The molecule has 0 unspecified atom stereocenters. The van der Waals surface area contributed by atoms with E-state index < -0.39 is 0 Å². The van der Waals surface area contributed by atoms with Crippen LogP contribution in [0.4, 0.5) is 0 Å². The fourth-order valence-corrected chi connectivity index (χ4v) is 3.25. The van der Waals surface area contributed by atoms with Gasteiger partial charge in [0.15, 0.2) is 11.5 Å². The van der Waals surface area contributed by atoms with Crippen LogP contribution in [0.15, 0.2) is 42.5 Å². The first-order valence-corrected chi connectivity index (χ1v) is 8.46. The number of nitrogens with zero attached hydrogens (tertiary/aromatic N) is 1. The molecule has 0 radical (unpaired) electrons. The molecule has 1 heterocycles. The van der Waals surface area contributed by atoms with Crippen LogP contribution >= 0.6 is 11.3 Å². The molecule has 2 aromatic carbocycles. The Balaban J connectivity index is 1.71. The number of ether oxygens (including phenoxy) is 2. The zero-order valence-electron chi connectivity index (χ0n) is 13.5. The lowest BCUT2D eigenvalue weighted by Crippen LogP contribution is -2.22. The summed E-state index contributed by atoms with van der Waals surface area (Å²) in [4.78, 5) is 16.9. The molecule has 24 heavy (non-hydrogen) atoms. The highest BCUT2D eigenvalue weighted by molar-refractivity contribution is 7.18. The molecule has 3 aromatic rings. The monoisotopic (exact) mass is 342 g/mol. The van der Waals surface area contributed by atoms with E-state index in [4.69, 9.17) is 9.47 Å². The molecule has 0 aliphatic heterocycles. The minimum absolute atomic E-state index is 0.169. The third-order valence-corrected chi connectivity index (χ3v) is 4.50. The van der Waals surface area contributed by atoms with Crippen LogP contribution in [0.1, 0.15) is 22.3 Å². The lowest BCUT2D eigenvalue weighted by molar-refractivity contribution is 0.0950. The van der Waals surface area contributed by atoms with Gasteiger partial charge < -0.3 is 14.8 Å². The number of aromatic nitrogens is 1.